The van der Waals surface area contributed by atoms with Gasteiger partial charge in [0.25, 0.3) is 10.0 Å². The maximum Gasteiger partial charge on any atom is 0.339 e. The van der Waals surface area contributed by atoms with Gasteiger partial charge in [-0.15, -0.1) is 0 Å². The molecule has 0 radical (unpaired) electrons. The van der Waals surface area contributed by atoms with E-state index in [4.69, 9.17) is 0 Å². The maximum atomic E-state index is 12.8. The summed E-state index contributed by atoms with van der Waals surface area (Å²) in [5.41, 5.74) is 1.57. The fraction of sp³-hybridized carbons (Fsp3) is 0.400. The summed E-state index contributed by atoms with van der Waals surface area (Å²) in [5.74, 6) is -0.142. The van der Waals surface area contributed by atoms with E-state index in [1.54, 1.807) is 19.1 Å². The van der Waals surface area contributed by atoms with Crippen molar-refractivity contribution in [2.24, 2.45) is 5.92 Å². The summed E-state index contributed by atoms with van der Waals surface area (Å²) in [5, 5.41) is 9.62. The van der Waals surface area contributed by atoms with Gasteiger partial charge in [-0.25, -0.2) is 18.2 Å². The molecule has 2 N–H and O–H groups in total. The van der Waals surface area contributed by atoms with Gasteiger partial charge in [-0.3, -0.25) is 4.72 Å². The molecule has 0 spiro atoms. The van der Waals surface area contributed by atoms with Crippen molar-refractivity contribution in [1.82, 2.24) is 4.98 Å². The van der Waals surface area contributed by atoms with E-state index in [0.717, 1.165) is 31.5 Å². The molecule has 0 saturated carbocycles. The largest absolute Gasteiger partial charge is 0.478 e. The molecule has 3 rings (SSSR count). The highest BCUT2D eigenvalue weighted by atomic mass is 32.2. The number of nitrogens with zero attached hydrogens (tertiary/aromatic N) is 2. The predicted molar refractivity (Wildman–Crippen MR) is 109 cm³/mol. The zero-order chi connectivity index (χ0) is 20.5. The van der Waals surface area contributed by atoms with Crippen LogP contribution in [0.15, 0.2) is 35.4 Å². The minimum Gasteiger partial charge on any atom is -0.478 e. The lowest BCUT2D eigenvalue weighted by atomic mass is 9.99. The number of hydrogen-bond donors (Lipinski definition) is 2. The number of pyridine rings is 1. The monoisotopic (exact) mass is 403 g/mol. The second kappa shape index (κ2) is 7.79. The van der Waals surface area contributed by atoms with Crippen molar-refractivity contribution in [3.63, 3.8) is 0 Å². The number of aromatic carboxylic acids is 1. The third kappa shape index (κ3) is 4.27. The fourth-order valence-corrected chi connectivity index (χ4v) is 4.71. The molecule has 1 aliphatic rings. The van der Waals surface area contributed by atoms with Gasteiger partial charge < -0.3 is 10.0 Å². The van der Waals surface area contributed by atoms with Gasteiger partial charge in [0.1, 0.15) is 11.4 Å². The van der Waals surface area contributed by atoms with Gasteiger partial charge in [0.05, 0.1) is 16.8 Å². The Hall–Kier alpha value is -2.61. The van der Waals surface area contributed by atoms with E-state index in [1.807, 2.05) is 17.9 Å². The lowest BCUT2D eigenvalue weighted by Gasteiger charge is -2.32. The number of nitrogens with one attached hydrogen (secondary N) is 1. The summed E-state index contributed by atoms with van der Waals surface area (Å²) in [6.45, 7) is 7.18. The van der Waals surface area contributed by atoms with Crippen molar-refractivity contribution < 1.29 is 18.3 Å². The highest BCUT2D eigenvalue weighted by Gasteiger charge is 2.24. The molecule has 28 heavy (non-hydrogen) atoms. The molecule has 1 saturated heterocycles. The Morgan fingerprint density at radius 1 is 1.21 bits per heavy atom. The van der Waals surface area contributed by atoms with Crippen molar-refractivity contribution >= 4 is 27.5 Å². The molecule has 8 heteroatoms. The molecule has 0 atom stereocenters. The highest BCUT2D eigenvalue weighted by molar-refractivity contribution is 7.92. The second-order valence-corrected chi connectivity index (χ2v) is 9.10. The number of hydrogen-bond acceptors (Lipinski definition) is 5. The molecule has 7 nitrogen and oxygen atoms in total. The minimum absolute atomic E-state index is 0.00397. The van der Waals surface area contributed by atoms with Crippen LogP contribution in [0.3, 0.4) is 0 Å². The summed E-state index contributed by atoms with van der Waals surface area (Å²) in [4.78, 5) is 18.2. The third-order valence-electron chi connectivity index (χ3n) is 5.07. The van der Waals surface area contributed by atoms with Gasteiger partial charge in [-0.1, -0.05) is 19.1 Å². The smallest absolute Gasteiger partial charge is 0.339 e. The summed E-state index contributed by atoms with van der Waals surface area (Å²) in [6.07, 6.45) is 3.33. The average Bonchev–Trinajstić information content (AvgIpc) is 2.64. The van der Waals surface area contributed by atoms with Gasteiger partial charge in [0.2, 0.25) is 0 Å². The predicted octanol–water partition coefficient (Wildman–Crippen LogP) is 3.43. The number of sulfonamides is 1. The number of rotatable bonds is 5. The lowest BCUT2D eigenvalue weighted by molar-refractivity contribution is 0.0697. The highest BCUT2D eigenvalue weighted by Crippen LogP contribution is 2.27. The van der Waals surface area contributed by atoms with Crippen LogP contribution in [0.25, 0.3) is 0 Å². The van der Waals surface area contributed by atoms with E-state index in [0.29, 0.717) is 17.3 Å². The molecular formula is C20H25N3O4S. The molecule has 2 heterocycles. The third-order valence-corrected chi connectivity index (χ3v) is 6.59. The Balaban J connectivity index is 1.92. The van der Waals surface area contributed by atoms with Crippen molar-refractivity contribution in [2.45, 2.75) is 38.5 Å². The SMILES string of the molecule is Cc1ccc(C)c(S(=O)(=O)Nc2cnc(N3CCC(C)CC3)c(C(=O)O)c2)c1. The summed E-state index contributed by atoms with van der Waals surface area (Å²) in [6, 6.07) is 6.51. The molecule has 1 aromatic heterocycles. The van der Waals surface area contributed by atoms with Gasteiger partial charge in [-0.05, 0) is 55.9 Å². The molecule has 0 bridgehead atoms. The van der Waals surface area contributed by atoms with Gasteiger partial charge in [0, 0.05) is 13.1 Å². The second-order valence-electron chi connectivity index (χ2n) is 7.44. The van der Waals surface area contributed by atoms with E-state index in [-0.39, 0.29) is 16.1 Å². The first-order valence-electron chi connectivity index (χ1n) is 9.26. The number of aryl methyl sites for hydroxylation is 2. The van der Waals surface area contributed by atoms with Crippen molar-refractivity contribution in [1.29, 1.82) is 0 Å². The number of carbonyl (C=O) groups is 1. The summed E-state index contributed by atoms with van der Waals surface area (Å²) in [7, 11) is -3.85. The Morgan fingerprint density at radius 2 is 1.89 bits per heavy atom. The topological polar surface area (TPSA) is 99.6 Å². The molecule has 1 aliphatic heterocycles. The first kappa shape index (κ1) is 20.1. The van der Waals surface area contributed by atoms with Crippen molar-refractivity contribution in [2.75, 3.05) is 22.7 Å². The zero-order valence-electron chi connectivity index (χ0n) is 16.3. The minimum atomic E-state index is -3.85. The van der Waals surface area contributed by atoms with Crippen LogP contribution < -0.4 is 9.62 Å². The van der Waals surface area contributed by atoms with Crippen LogP contribution in [-0.2, 0) is 10.0 Å². The summed E-state index contributed by atoms with van der Waals surface area (Å²) < 4.78 is 28.0. The van der Waals surface area contributed by atoms with Crippen molar-refractivity contribution in [3.05, 3.63) is 47.2 Å². The van der Waals surface area contributed by atoms with E-state index >= 15 is 0 Å². The zero-order valence-corrected chi connectivity index (χ0v) is 17.1. The van der Waals surface area contributed by atoms with Crippen LogP contribution >= 0.6 is 0 Å². The molecule has 0 amide bonds. The van der Waals surface area contributed by atoms with Crippen LogP contribution in [0, 0.1) is 19.8 Å². The van der Waals surface area contributed by atoms with E-state index in [1.165, 1.54) is 12.3 Å². The van der Waals surface area contributed by atoms with Gasteiger partial charge in [0.15, 0.2) is 0 Å². The molecule has 150 valence electrons. The number of carboxylic acids is 1. The number of anilines is 2. The van der Waals surface area contributed by atoms with Crippen LogP contribution in [0.5, 0.6) is 0 Å². The van der Waals surface area contributed by atoms with Gasteiger partial charge >= 0.3 is 5.97 Å². The van der Waals surface area contributed by atoms with Crippen LogP contribution in [0.4, 0.5) is 11.5 Å². The maximum absolute atomic E-state index is 12.8. The fourth-order valence-electron chi connectivity index (χ4n) is 3.35. The molecule has 1 fully saturated rings. The first-order chi connectivity index (χ1) is 13.2. The normalized spacial score (nSPS) is 15.5. The van der Waals surface area contributed by atoms with Crippen LogP contribution in [0.2, 0.25) is 0 Å². The standard InChI is InChI=1S/C20H25N3O4S/c1-13-6-8-23(9-7-13)19-17(20(24)25)11-16(12-21-19)22-28(26,27)18-10-14(2)4-5-15(18)3/h4-5,10-13,22H,6-9H2,1-3H3,(H,24,25). The average molecular weight is 404 g/mol. The summed E-state index contributed by atoms with van der Waals surface area (Å²) >= 11 is 0. The first-order valence-corrected chi connectivity index (χ1v) is 10.7. The Labute approximate surface area is 165 Å². The lowest BCUT2D eigenvalue weighted by Crippen LogP contribution is -2.34. The number of aromatic nitrogens is 1. The molecule has 2 aromatic rings. The number of piperidine rings is 1. The van der Waals surface area contributed by atoms with E-state index < -0.39 is 16.0 Å². The molecule has 0 unspecified atom stereocenters. The number of benzene rings is 1. The quantitative estimate of drug-likeness (QED) is 0.793. The van der Waals surface area contributed by atoms with Crippen LogP contribution in [0.1, 0.15) is 41.3 Å². The Kier molecular flexibility index (Phi) is 5.60. The molecule has 1 aromatic carbocycles. The van der Waals surface area contributed by atoms with E-state index in [2.05, 4.69) is 16.6 Å². The molecule has 0 aliphatic carbocycles. The van der Waals surface area contributed by atoms with Crippen LogP contribution in [-0.4, -0.2) is 37.6 Å². The Bertz CT molecular complexity index is 997. The number of carboxylic acid groups (broad SMARTS) is 1. The molecular weight excluding hydrogens is 378 g/mol. The van der Waals surface area contributed by atoms with E-state index in [9.17, 15) is 18.3 Å². The van der Waals surface area contributed by atoms with Gasteiger partial charge in [-0.2, -0.15) is 0 Å². The van der Waals surface area contributed by atoms with Crippen molar-refractivity contribution in [3.8, 4) is 0 Å². The Morgan fingerprint density at radius 3 is 2.54 bits per heavy atom.